The van der Waals surface area contributed by atoms with Crippen molar-refractivity contribution in [1.29, 1.82) is 0 Å². The molecular weight excluding hydrogens is 444 g/mol. The third kappa shape index (κ3) is 2.28. The van der Waals surface area contributed by atoms with Crippen LogP contribution in [0.4, 0.5) is 0 Å². The molecule has 0 amide bonds. The van der Waals surface area contributed by atoms with Gasteiger partial charge in [-0.1, -0.05) is 60.7 Å². The van der Waals surface area contributed by atoms with E-state index in [1.165, 1.54) is 0 Å². The number of rotatable bonds is 1. The van der Waals surface area contributed by atoms with Gasteiger partial charge in [-0.3, -0.25) is 9.59 Å². The van der Waals surface area contributed by atoms with Crippen molar-refractivity contribution in [2.45, 2.75) is 0 Å². The van der Waals surface area contributed by atoms with E-state index in [1.807, 2.05) is 78.9 Å². The number of fused-ring (bicyclic) bond motifs is 8. The molecule has 168 valence electrons. The van der Waals surface area contributed by atoms with Crippen LogP contribution < -0.4 is 10.9 Å². The smallest absolute Gasteiger partial charge is 0.199 e. The van der Waals surface area contributed by atoms with E-state index in [9.17, 15) is 9.59 Å². The Balaban J connectivity index is 1.77. The van der Waals surface area contributed by atoms with Gasteiger partial charge >= 0.3 is 0 Å². The number of hydrogen-bond donors (Lipinski definition) is 0. The average Bonchev–Trinajstić information content (AvgIpc) is 3.27. The van der Waals surface area contributed by atoms with Crippen LogP contribution in [0.2, 0.25) is 0 Å². The van der Waals surface area contributed by atoms with Crippen LogP contribution in [0.3, 0.4) is 0 Å². The molecule has 0 spiro atoms. The van der Waals surface area contributed by atoms with Crippen molar-refractivity contribution in [2.75, 3.05) is 0 Å². The minimum Gasteiger partial charge on any atom is -0.308 e. The SMILES string of the molecule is O=c1c2ccccc2n2c3ccc4c5ccccc5n(-c5ccccc5)c4c3c(=O)c3cccc1c32. The molecule has 3 aromatic heterocycles. The summed E-state index contributed by atoms with van der Waals surface area (Å²) in [6, 6.07) is 35.7. The molecule has 0 bridgehead atoms. The number of pyridine rings is 2. The summed E-state index contributed by atoms with van der Waals surface area (Å²) in [5.74, 6) is 0. The summed E-state index contributed by atoms with van der Waals surface area (Å²) < 4.78 is 4.29. The Kier molecular flexibility index (Phi) is 3.66. The Labute approximate surface area is 204 Å². The lowest BCUT2D eigenvalue weighted by Gasteiger charge is -2.16. The van der Waals surface area contributed by atoms with E-state index >= 15 is 0 Å². The molecule has 0 saturated heterocycles. The molecule has 0 atom stereocenters. The van der Waals surface area contributed by atoms with Crippen molar-refractivity contribution >= 4 is 59.9 Å². The third-order valence-electron chi connectivity index (χ3n) is 7.44. The number of nitrogens with zero attached hydrogens (tertiary/aromatic N) is 2. The number of hydrogen-bond acceptors (Lipinski definition) is 2. The first-order valence-corrected chi connectivity index (χ1v) is 12.0. The van der Waals surface area contributed by atoms with E-state index in [0.717, 1.165) is 38.5 Å². The van der Waals surface area contributed by atoms with Gasteiger partial charge in [0.05, 0.1) is 33.0 Å². The van der Waals surface area contributed by atoms with Crippen molar-refractivity contribution in [3.63, 3.8) is 0 Å². The highest BCUT2D eigenvalue weighted by molar-refractivity contribution is 6.20. The minimum atomic E-state index is -0.0594. The molecule has 4 nitrogen and oxygen atoms in total. The second-order valence-electron chi connectivity index (χ2n) is 9.26. The van der Waals surface area contributed by atoms with Gasteiger partial charge in [-0.15, -0.1) is 0 Å². The van der Waals surface area contributed by atoms with E-state index in [4.69, 9.17) is 0 Å². The van der Waals surface area contributed by atoms with Crippen LogP contribution in [0.15, 0.2) is 119 Å². The van der Waals surface area contributed by atoms with Gasteiger partial charge in [-0.05, 0) is 48.5 Å². The summed E-state index contributed by atoms with van der Waals surface area (Å²) in [7, 11) is 0. The molecule has 0 N–H and O–H groups in total. The van der Waals surface area contributed by atoms with Gasteiger partial charge in [0.2, 0.25) is 0 Å². The fourth-order valence-corrected chi connectivity index (χ4v) is 5.96. The number of aromatic nitrogens is 2. The number of benzene rings is 5. The van der Waals surface area contributed by atoms with E-state index in [-0.39, 0.29) is 10.9 Å². The van der Waals surface area contributed by atoms with Gasteiger partial charge in [0.25, 0.3) is 0 Å². The molecule has 0 aliphatic carbocycles. The minimum absolute atomic E-state index is 0.0468. The first-order chi connectivity index (χ1) is 17.7. The van der Waals surface area contributed by atoms with E-state index in [2.05, 4.69) is 39.3 Å². The predicted octanol–water partition coefficient (Wildman–Crippen LogP) is 6.65. The molecule has 0 radical (unpaired) electrons. The summed E-state index contributed by atoms with van der Waals surface area (Å²) in [5.41, 5.74) is 5.11. The average molecular weight is 463 g/mol. The highest BCUT2D eigenvalue weighted by Gasteiger charge is 2.21. The number of para-hydroxylation sites is 4. The topological polar surface area (TPSA) is 43.5 Å². The quantitative estimate of drug-likeness (QED) is 0.202. The Morgan fingerprint density at radius 1 is 0.417 bits per heavy atom. The highest BCUT2D eigenvalue weighted by Crippen LogP contribution is 2.37. The molecule has 8 rings (SSSR count). The van der Waals surface area contributed by atoms with Crippen LogP contribution in [0.25, 0.3) is 65.6 Å². The summed E-state index contributed by atoms with van der Waals surface area (Å²) >= 11 is 0. The first-order valence-electron chi connectivity index (χ1n) is 12.0. The molecule has 4 heteroatoms. The molecule has 0 aliphatic rings. The lowest BCUT2D eigenvalue weighted by Crippen LogP contribution is -2.14. The van der Waals surface area contributed by atoms with Crippen molar-refractivity contribution < 1.29 is 0 Å². The van der Waals surface area contributed by atoms with Gasteiger partial charge in [0.15, 0.2) is 10.9 Å². The fraction of sp³-hybridized carbons (Fsp3) is 0. The molecule has 8 aromatic rings. The third-order valence-corrected chi connectivity index (χ3v) is 7.44. The lowest BCUT2D eigenvalue weighted by molar-refractivity contribution is 1.18. The van der Waals surface area contributed by atoms with Crippen molar-refractivity contribution in [2.24, 2.45) is 0 Å². The maximum Gasteiger partial charge on any atom is 0.199 e. The van der Waals surface area contributed by atoms with Crippen LogP contribution >= 0.6 is 0 Å². The van der Waals surface area contributed by atoms with Crippen LogP contribution in [0.1, 0.15) is 0 Å². The monoisotopic (exact) mass is 462 g/mol. The molecule has 5 aromatic carbocycles. The van der Waals surface area contributed by atoms with Crippen LogP contribution in [0.5, 0.6) is 0 Å². The van der Waals surface area contributed by atoms with Crippen molar-refractivity contribution in [3.8, 4) is 5.69 Å². The molecule has 0 fully saturated rings. The maximum absolute atomic E-state index is 14.3. The van der Waals surface area contributed by atoms with Gasteiger partial charge in [0, 0.05) is 32.6 Å². The molecule has 0 saturated carbocycles. The lowest BCUT2D eigenvalue weighted by atomic mass is 10.0. The summed E-state index contributed by atoms with van der Waals surface area (Å²) in [4.78, 5) is 27.7. The Hall–Kier alpha value is -4.96. The maximum atomic E-state index is 14.3. The first kappa shape index (κ1) is 19.4. The summed E-state index contributed by atoms with van der Waals surface area (Å²) in [6.07, 6.45) is 0. The van der Waals surface area contributed by atoms with Crippen molar-refractivity contribution in [1.82, 2.24) is 8.97 Å². The second kappa shape index (κ2) is 6.80. The zero-order valence-corrected chi connectivity index (χ0v) is 19.1. The Morgan fingerprint density at radius 3 is 1.86 bits per heavy atom. The largest absolute Gasteiger partial charge is 0.308 e. The molecule has 36 heavy (non-hydrogen) atoms. The Morgan fingerprint density at radius 2 is 1.06 bits per heavy atom. The van der Waals surface area contributed by atoms with Gasteiger partial charge in [-0.2, -0.15) is 0 Å². The van der Waals surface area contributed by atoms with Crippen LogP contribution in [-0.4, -0.2) is 8.97 Å². The van der Waals surface area contributed by atoms with Gasteiger partial charge in [0.1, 0.15) is 0 Å². The normalized spacial score (nSPS) is 12.1. The molecular formula is C32H18N2O2. The second-order valence-corrected chi connectivity index (χ2v) is 9.26. The van der Waals surface area contributed by atoms with E-state index in [0.29, 0.717) is 27.1 Å². The Bertz CT molecular complexity index is 2290. The molecule has 0 aliphatic heterocycles. The van der Waals surface area contributed by atoms with E-state index < -0.39 is 0 Å². The van der Waals surface area contributed by atoms with Crippen molar-refractivity contribution in [3.05, 3.63) is 130 Å². The summed E-state index contributed by atoms with van der Waals surface area (Å²) in [6.45, 7) is 0. The summed E-state index contributed by atoms with van der Waals surface area (Å²) in [5, 5.41) is 4.55. The zero-order chi connectivity index (χ0) is 24.0. The predicted molar refractivity (Wildman–Crippen MR) is 148 cm³/mol. The van der Waals surface area contributed by atoms with Crippen LogP contribution in [0, 0.1) is 0 Å². The molecule has 3 heterocycles. The highest BCUT2D eigenvalue weighted by atomic mass is 16.1. The fourth-order valence-electron chi connectivity index (χ4n) is 5.96. The van der Waals surface area contributed by atoms with Gasteiger partial charge < -0.3 is 8.97 Å². The van der Waals surface area contributed by atoms with Gasteiger partial charge in [-0.25, -0.2) is 0 Å². The van der Waals surface area contributed by atoms with E-state index in [1.54, 1.807) is 0 Å². The zero-order valence-electron chi connectivity index (χ0n) is 19.1. The molecule has 0 unspecified atom stereocenters. The standard InChI is InChI=1S/C32H18N2O2/c35-31-22-12-5-7-16-26(22)34-27-18-17-21-20-11-4-6-15-25(20)33(19-9-2-1-3-10-19)30(21)28(27)32(36)24-14-8-13-23(31)29(24)34/h1-18H. The van der Waals surface area contributed by atoms with Crippen LogP contribution in [-0.2, 0) is 0 Å².